The fourth-order valence-electron chi connectivity index (χ4n) is 2.71. The van der Waals surface area contributed by atoms with Crippen LogP contribution in [0.15, 0.2) is 24.3 Å². The SMILES string of the molecule is COC(=O)C1CN(C(=O)Cc2ccccc2C)CC1C. The van der Waals surface area contributed by atoms with Gasteiger partial charge in [0.1, 0.15) is 0 Å². The van der Waals surface area contributed by atoms with Gasteiger partial charge in [0, 0.05) is 13.1 Å². The van der Waals surface area contributed by atoms with E-state index in [0.29, 0.717) is 19.5 Å². The molecule has 2 rings (SSSR count). The molecule has 0 N–H and O–H groups in total. The van der Waals surface area contributed by atoms with Crippen LogP contribution in [0.1, 0.15) is 18.1 Å². The number of esters is 1. The highest BCUT2D eigenvalue weighted by Gasteiger charge is 2.37. The fraction of sp³-hybridized carbons (Fsp3) is 0.500. The molecule has 1 saturated heterocycles. The third-order valence-electron chi connectivity index (χ3n) is 4.07. The van der Waals surface area contributed by atoms with E-state index in [9.17, 15) is 9.59 Å². The molecule has 0 saturated carbocycles. The van der Waals surface area contributed by atoms with E-state index in [1.807, 2.05) is 38.1 Å². The first-order chi connectivity index (χ1) is 9.52. The number of carbonyl (C=O) groups excluding carboxylic acids is 2. The number of aryl methyl sites for hydroxylation is 1. The molecule has 1 heterocycles. The van der Waals surface area contributed by atoms with Gasteiger partial charge in [-0.1, -0.05) is 31.2 Å². The average Bonchev–Trinajstić information content (AvgIpc) is 2.82. The molecular weight excluding hydrogens is 254 g/mol. The summed E-state index contributed by atoms with van der Waals surface area (Å²) in [4.78, 5) is 25.8. The van der Waals surface area contributed by atoms with Gasteiger partial charge in [-0.2, -0.15) is 0 Å². The van der Waals surface area contributed by atoms with Crippen LogP contribution in [0.25, 0.3) is 0 Å². The molecule has 1 aromatic carbocycles. The minimum atomic E-state index is -0.219. The summed E-state index contributed by atoms with van der Waals surface area (Å²) in [5.74, 6) is -0.176. The van der Waals surface area contributed by atoms with Gasteiger partial charge in [-0.25, -0.2) is 0 Å². The molecule has 0 aromatic heterocycles. The Morgan fingerprint density at radius 3 is 2.65 bits per heavy atom. The number of rotatable bonds is 3. The Bertz CT molecular complexity index is 512. The van der Waals surface area contributed by atoms with Crippen molar-refractivity contribution < 1.29 is 14.3 Å². The Hall–Kier alpha value is -1.84. The topological polar surface area (TPSA) is 46.6 Å². The van der Waals surface area contributed by atoms with Crippen molar-refractivity contribution in [2.45, 2.75) is 20.3 Å². The predicted molar refractivity (Wildman–Crippen MR) is 76.1 cm³/mol. The molecule has 1 amide bonds. The van der Waals surface area contributed by atoms with Crippen LogP contribution in [0.4, 0.5) is 0 Å². The molecule has 1 aromatic rings. The zero-order valence-electron chi connectivity index (χ0n) is 12.3. The van der Waals surface area contributed by atoms with Gasteiger partial charge in [-0.15, -0.1) is 0 Å². The molecule has 108 valence electrons. The summed E-state index contributed by atoms with van der Waals surface area (Å²) < 4.78 is 4.79. The summed E-state index contributed by atoms with van der Waals surface area (Å²) >= 11 is 0. The minimum Gasteiger partial charge on any atom is -0.469 e. The first kappa shape index (κ1) is 14.6. The van der Waals surface area contributed by atoms with Crippen molar-refractivity contribution in [3.05, 3.63) is 35.4 Å². The third kappa shape index (κ3) is 3.00. The Labute approximate surface area is 119 Å². The van der Waals surface area contributed by atoms with Gasteiger partial charge in [0.25, 0.3) is 0 Å². The molecule has 20 heavy (non-hydrogen) atoms. The molecule has 1 aliphatic heterocycles. The molecular formula is C16H21NO3. The number of ether oxygens (including phenoxy) is 1. The second-order valence-electron chi connectivity index (χ2n) is 5.51. The maximum Gasteiger partial charge on any atom is 0.310 e. The van der Waals surface area contributed by atoms with Crippen molar-refractivity contribution >= 4 is 11.9 Å². The van der Waals surface area contributed by atoms with Gasteiger partial charge in [0.15, 0.2) is 0 Å². The summed E-state index contributed by atoms with van der Waals surface area (Å²) in [6, 6.07) is 7.89. The van der Waals surface area contributed by atoms with Crippen LogP contribution >= 0.6 is 0 Å². The molecule has 2 unspecified atom stereocenters. The van der Waals surface area contributed by atoms with Gasteiger partial charge in [0.05, 0.1) is 19.4 Å². The molecule has 1 aliphatic rings. The van der Waals surface area contributed by atoms with Crippen LogP contribution < -0.4 is 0 Å². The second kappa shape index (κ2) is 6.07. The first-order valence-corrected chi connectivity index (χ1v) is 6.93. The molecule has 1 fully saturated rings. The number of nitrogens with zero attached hydrogens (tertiary/aromatic N) is 1. The lowest BCUT2D eigenvalue weighted by atomic mass is 9.99. The van der Waals surface area contributed by atoms with E-state index in [1.165, 1.54) is 7.11 Å². The summed E-state index contributed by atoms with van der Waals surface area (Å²) in [5, 5.41) is 0. The first-order valence-electron chi connectivity index (χ1n) is 6.93. The number of methoxy groups -OCH3 is 1. The molecule has 0 radical (unpaired) electrons. The van der Waals surface area contributed by atoms with Crippen molar-refractivity contribution in [1.82, 2.24) is 4.90 Å². The van der Waals surface area contributed by atoms with Crippen LogP contribution in [0.2, 0.25) is 0 Å². The quantitative estimate of drug-likeness (QED) is 0.790. The smallest absolute Gasteiger partial charge is 0.310 e. The summed E-state index contributed by atoms with van der Waals surface area (Å²) in [7, 11) is 1.40. The number of benzene rings is 1. The highest BCUT2D eigenvalue weighted by atomic mass is 16.5. The number of carbonyl (C=O) groups is 2. The largest absolute Gasteiger partial charge is 0.469 e. The van der Waals surface area contributed by atoms with Crippen molar-refractivity contribution in [3.8, 4) is 0 Å². The molecule has 0 aliphatic carbocycles. The summed E-state index contributed by atoms with van der Waals surface area (Å²) in [6.45, 7) is 5.10. The van der Waals surface area contributed by atoms with Gasteiger partial charge < -0.3 is 9.64 Å². The van der Waals surface area contributed by atoms with E-state index in [1.54, 1.807) is 4.90 Å². The van der Waals surface area contributed by atoms with Crippen molar-refractivity contribution in [1.29, 1.82) is 0 Å². The Morgan fingerprint density at radius 1 is 1.30 bits per heavy atom. The maximum atomic E-state index is 12.3. The maximum absolute atomic E-state index is 12.3. The highest BCUT2D eigenvalue weighted by Crippen LogP contribution is 2.25. The Balaban J connectivity index is 2.01. The normalized spacial score (nSPS) is 21.9. The van der Waals surface area contributed by atoms with E-state index < -0.39 is 0 Å². The van der Waals surface area contributed by atoms with Gasteiger partial charge in [0.2, 0.25) is 5.91 Å². The molecule has 4 nitrogen and oxygen atoms in total. The van der Waals surface area contributed by atoms with Crippen LogP contribution in [0, 0.1) is 18.8 Å². The zero-order valence-corrected chi connectivity index (χ0v) is 12.3. The third-order valence-corrected chi connectivity index (χ3v) is 4.07. The van der Waals surface area contributed by atoms with Crippen molar-refractivity contribution in [2.75, 3.05) is 20.2 Å². The number of hydrogen-bond donors (Lipinski definition) is 0. The molecule has 4 heteroatoms. The fourth-order valence-corrected chi connectivity index (χ4v) is 2.71. The van der Waals surface area contributed by atoms with E-state index in [0.717, 1.165) is 11.1 Å². The van der Waals surface area contributed by atoms with Crippen LogP contribution in [-0.4, -0.2) is 37.0 Å². The number of amides is 1. The van der Waals surface area contributed by atoms with Gasteiger partial charge in [-0.05, 0) is 24.0 Å². The standard InChI is InChI=1S/C16H21NO3/c1-11-6-4-5-7-13(11)8-15(18)17-9-12(2)14(10-17)16(19)20-3/h4-7,12,14H,8-10H2,1-3H3. The lowest BCUT2D eigenvalue weighted by molar-refractivity contribution is -0.146. The minimum absolute atomic E-state index is 0.0811. The van der Waals surface area contributed by atoms with Gasteiger partial charge in [-0.3, -0.25) is 9.59 Å². The number of likely N-dealkylation sites (tertiary alicyclic amines) is 1. The van der Waals surface area contributed by atoms with E-state index in [2.05, 4.69) is 0 Å². The number of hydrogen-bond acceptors (Lipinski definition) is 3. The van der Waals surface area contributed by atoms with E-state index >= 15 is 0 Å². The molecule has 2 atom stereocenters. The average molecular weight is 275 g/mol. The monoisotopic (exact) mass is 275 g/mol. The molecule has 0 spiro atoms. The summed E-state index contributed by atoms with van der Waals surface area (Å²) in [5.41, 5.74) is 2.17. The van der Waals surface area contributed by atoms with Crippen LogP contribution in [0.3, 0.4) is 0 Å². The zero-order chi connectivity index (χ0) is 14.7. The van der Waals surface area contributed by atoms with Crippen molar-refractivity contribution in [2.24, 2.45) is 11.8 Å². The predicted octanol–water partition coefficient (Wildman–Crippen LogP) is 1.81. The second-order valence-corrected chi connectivity index (χ2v) is 5.51. The van der Waals surface area contributed by atoms with Crippen molar-refractivity contribution in [3.63, 3.8) is 0 Å². The summed E-state index contributed by atoms with van der Waals surface area (Å²) in [6.07, 6.45) is 0.396. The lowest BCUT2D eigenvalue weighted by Crippen LogP contribution is -2.31. The van der Waals surface area contributed by atoms with Crippen LogP contribution in [0.5, 0.6) is 0 Å². The highest BCUT2D eigenvalue weighted by molar-refractivity contribution is 5.81. The lowest BCUT2D eigenvalue weighted by Gasteiger charge is -2.16. The Morgan fingerprint density at radius 2 is 2.00 bits per heavy atom. The molecule has 0 bridgehead atoms. The van der Waals surface area contributed by atoms with E-state index in [4.69, 9.17) is 4.74 Å². The Kier molecular flexibility index (Phi) is 4.42. The van der Waals surface area contributed by atoms with Crippen LogP contribution in [-0.2, 0) is 20.7 Å². The van der Waals surface area contributed by atoms with Gasteiger partial charge >= 0.3 is 5.97 Å². The van der Waals surface area contributed by atoms with E-state index in [-0.39, 0.29) is 23.7 Å².